The second kappa shape index (κ2) is 12.1. The van der Waals surface area contributed by atoms with Crippen LogP contribution in [-0.4, -0.2) is 47.2 Å². The molecule has 30 heavy (non-hydrogen) atoms. The van der Waals surface area contributed by atoms with Gasteiger partial charge in [0.05, 0.1) is 5.69 Å². The van der Waals surface area contributed by atoms with E-state index in [2.05, 4.69) is 34.6 Å². The van der Waals surface area contributed by atoms with Crippen LogP contribution in [0.5, 0.6) is 0 Å². The maximum atomic E-state index is 12.3. The molecule has 1 aromatic heterocycles. The number of aryl methyl sites for hydroxylation is 1. The van der Waals surface area contributed by atoms with Gasteiger partial charge in [0.15, 0.2) is 5.96 Å². The maximum absolute atomic E-state index is 12.3. The monoisotopic (exact) mass is 546 g/mol. The molecule has 7 nitrogen and oxygen atoms in total. The van der Waals surface area contributed by atoms with Gasteiger partial charge in [-0.3, -0.25) is 14.5 Å². The topological polar surface area (TPSA) is 74.6 Å². The van der Waals surface area contributed by atoms with Gasteiger partial charge in [-0.15, -0.1) is 24.0 Å². The first-order chi connectivity index (χ1) is 13.7. The smallest absolute Gasteiger partial charge is 0.226 e. The largest absolute Gasteiger partial charge is 0.356 e. The predicted octanol–water partition coefficient (Wildman–Crippen LogP) is 4.16. The van der Waals surface area contributed by atoms with E-state index < -0.39 is 0 Å². The highest BCUT2D eigenvalue weighted by molar-refractivity contribution is 14.0. The molecule has 1 amide bonds. The summed E-state index contributed by atoms with van der Waals surface area (Å²) in [5.41, 5.74) is 3.86. The fraction of sp³-hybridized carbons (Fsp3) is 0.476. The zero-order valence-electron chi connectivity index (χ0n) is 18.5. The molecule has 2 aromatic rings. The fourth-order valence-electron chi connectivity index (χ4n) is 3.12. The second-order valence-corrected chi connectivity index (χ2v) is 7.82. The van der Waals surface area contributed by atoms with Crippen molar-refractivity contribution in [2.45, 2.75) is 39.7 Å². The summed E-state index contributed by atoms with van der Waals surface area (Å²) >= 11 is 6.10. The molecule has 1 aromatic carbocycles. The molecule has 0 bridgehead atoms. The minimum atomic E-state index is -0.0738. The molecule has 2 N–H and O–H groups in total. The lowest BCUT2D eigenvalue weighted by Gasteiger charge is -2.22. The third-order valence-electron chi connectivity index (χ3n) is 4.64. The Hall–Kier alpha value is -1.81. The van der Waals surface area contributed by atoms with E-state index >= 15 is 0 Å². The van der Waals surface area contributed by atoms with Crippen molar-refractivity contribution in [2.75, 3.05) is 26.0 Å². The molecule has 0 aliphatic carbocycles. The van der Waals surface area contributed by atoms with Crippen LogP contribution >= 0.6 is 35.6 Å². The number of aromatic nitrogens is 2. The van der Waals surface area contributed by atoms with Crippen LogP contribution in [0.2, 0.25) is 5.02 Å². The zero-order valence-corrected chi connectivity index (χ0v) is 21.6. The Labute approximate surface area is 201 Å². The molecular weight excluding hydrogens is 515 g/mol. The Kier molecular flexibility index (Phi) is 10.6. The minimum Gasteiger partial charge on any atom is -0.356 e. The van der Waals surface area contributed by atoms with Gasteiger partial charge in [-0.25, -0.2) is 0 Å². The van der Waals surface area contributed by atoms with Crippen molar-refractivity contribution in [3.05, 3.63) is 46.2 Å². The number of anilines is 1. The summed E-state index contributed by atoms with van der Waals surface area (Å²) in [6.07, 6.45) is 2.36. The van der Waals surface area contributed by atoms with Crippen LogP contribution in [-0.2, 0) is 18.4 Å². The lowest BCUT2D eigenvalue weighted by molar-refractivity contribution is -0.116. The van der Waals surface area contributed by atoms with Crippen LogP contribution < -0.4 is 10.6 Å². The van der Waals surface area contributed by atoms with Gasteiger partial charge in [0, 0.05) is 63.1 Å². The molecule has 0 atom stereocenters. The highest BCUT2D eigenvalue weighted by Crippen LogP contribution is 2.23. The zero-order chi connectivity index (χ0) is 21.6. The Bertz CT molecular complexity index is 880. The van der Waals surface area contributed by atoms with Crippen molar-refractivity contribution < 1.29 is 4.79 Å². The summed E-state index contributed by atoms with van der Waals surface area (Å²) in [6, 6.07) is 5.48. The van der Waals surface area contributed by atoms with E-state index in [1.807, 2.05) is 48.9 Å². The van der Waals surface area contributed by atoms with Crippen molar-refractivity contribution in [3.8, 4) is 0 Å². The number of benzene rings is 1. The molecule has 0 radical (unpaired) electrons. The van der Waals surface area contributed by atoms with E-state index in [0.29, 0.717) is 30.5 Å². The highest BCUT2D eigenvalue weighted by atomic mass is 127. The Balaban J connectivity index is 0.00000450. The summed E-state index contributed by atoms with van der Waals surface area (Å²) in [6.45, 7) is 7.33. The number of carbonyl (C=O) groups is 1. The van der Waals surface area contributed by atoms with Crippen LogP contribution in [0.4, 0.5) is 5.69 Å². The minimum absolute atomic E-state index is 0. The third-order valence-corrected chi connectivity index (χ3v) is 5.05. The van der Waals surface area contributed by atoms with E-state index in [4.69, 9.17) is 11.6 Å². The molecule has 166 valence electrons. The first-order valence-electron chi connectivity index (χ1n) is 9.72. The van der Waals surface area contributed by atoms with Gasteiger partial charge < -0.3 is 15.5 Å². The van der Waals surface area contributed by atoms with Gasteiger partial charge in [-0.05, 0) is 30.5 Å². The summed E-state index contributed by atoms with van der Waals surface area (Å²) in [4.78, 5) is 18.6. The average Bonchev–Trinajstić information content (AvgIpc) is 3.03. The summed E-state index contributed by atoms with van der Waals surface area (Å²) in [7, 11) is 5.64. The normalized spacial score (nSPS) is 11.3. The van der Waals surface area contributed by atoms with Gasteiger partial charge >= 0.3 is 0 Å². The van der Waals surface area contributed by atoms with Crippen LogP contribution in [0.3, 0.4) is 0 Å². The van der Waals surface area contributed by atoms with Crippen LogP contribution in [0.15, 0.2) is 29.4 Å². The van der Waals surface area contributed by atoms with Gasteiger partial charge in [-0.1, -0.05) is 31.5 Å². The van der Waals surface area contributed by atoms with E-state index in [0.717, 1.165) is 22.9 Å². The molecule has 0 fully saturated rings. The lowest BCUT2D eigenvalue weighted by Crippen LogP contribution is -2.39. The Morgan fingerprint density at radius 2 is 2.07 bits per heavy atom. The van der Waals surface area contributed by atoms with Crippen molar-refractivity contribution in [1.82, 2.24) is 20.0 Å². The quantitative estimate of drug-likeness (QED) is 0.311. The number of guanidine groups is 1. The summed E-state index contributed by atoms with van der Waals surface area (Å²) in [5.74, 6) is 1.01. The molecule has 0 spiro atoms. The molecule has 2 rings (SSSR count). The van der Waals surface area contributed by atoms with Gasteiger partial charge in [0.2, 0.25) is 5.91 Å². The van der Waals surface area contributed by atoms with Gasteiger partial charge in [0.25, 0.3) is 0 Å². The molecule has 0 aliphatic rings. The number of amides is 1. The standard InChI is InChI=1S/C21H31ClN6O.HI/c1-14(2)20-16(13-28(6)26-20)12-27(5)21(23-4)24-11-10-19(29)25-18-9-7-8-17(22)15(18)3;/h7-9,13-14H,10-12H2,1-6H3,(H,23,24)(H,25,29);1H. The number of nitrogens with one attached hydrogen (secondary N) is 2. The summed E-state index contributed by atoms with van der Waals surface area (Å²) < 4.78 is 1.84. The lowest BCUT2D eigenvalue weighted by atomic mass is 10.1. The number of rotatable bonds is 7. The van der Waals surface area contributed by atoms with E-state index in [1.165, 1.54) is 5.56 Å². The van der Waals surface area contributed by atoms with E-state index in [-0.39, 0.29) is 29.9 Å². The first-order valence-corrected chi connectivity index (χ1v) is 10.1. The Morgan fingerprint density at radius 1 is 1.37 bits per heavy atom. The van der Waals surface area contributed by atoms with Crippen LogP contribution in [0.1, 0.15) is 43.0 Å². The molecule has 0 aliphatic heterocycles. The number of carbonyl (C=O) groups excluding carboxylic acids is 1. The number of aliphatic imine (C=N–C) groups is 1. The average molecular weight is 547 g/mol. The number of halogens is 2. The predicted molar refractivity (Wildman–Crippen MR) is 135 cm³/mol. The van der Waals surface area contributed by atoms with Crippen molar-refractivity contribution in [2.24, 2.45) is 12.0 Å². The molecular formula is C21H32ClIN6O. The molecule has 0 unspecified atom stereocenters. The number of hydrogen-bond donors (Lipinski definition) is 2. The van der Waals surface area contributed by atoms with Gasteiger partial charge in [0.1, 0.15) is 0 Å². The number of nitrogens with zero attached hydrogens (tertiary/aromatic N) is 4. The third kappa shape index (κ3) is 7.16. The van der Waals surface area contributed by atoms with Crippen LogP contribution in [0.25, 0.3) is 0 Å². The SMILES string of the molecule is CN=C(NCCC(=O)Nc1cccc(Cl)c1C)N(C)Cc1cn(C)nc1C(C)C.I. The molecule has 0 saturated carbocycles. The van der Waals surface area contributed by atoms with E-state index in [9.17, 15) is 4.79 Å². The maximum Gasteiger partial charge on any atom is 0.226 e. The molecule has 9 heteroatoms. The highest BCUT2D eigenvalue weighted by Gasteiger charge is 2.15. The fourth-order valence-corrected chi connectivity index (χ4v) is 3.30. The van der Waals surface area contributed by atoms with Gasteiger partial charge in [-0.2, -0.15) is 5.10 Å². The first kappa shape index (κ1) is 26.2. The molecule has 1 heterocycles. The molecule has 0 saturated heterocycles. The van der Waals surface area contributed by atoms with Crippen molar-refractivity contribution in [3.63, 3.8) is 0 Å². The Morgan fingerprint density at radius 3 is 2.70 bits per heavy atom. The van der Waals surface area contributed by atoms with Crippen molar-refractivity contribution in [1.29, 1.82) is 0 Å². The number of hydrogen-bond acceptors (Lipinski definition) is 3. The van der Waals surface area contributed by atoms with Crippen LogP contribution in [0, 0.1) is 6.92 Å². The van der Waals surface area contributed by atoms with E-state index in [1.54, 1.807) is 13.1 Å². The van der Waals surface area contributed by atoms with Crippen molar-refractivity contribution >= 4 is 53.1 Å². The second-order valence-electron chi connectivity index (χ2n) is 7.41. The summed E-state index contributed by atoms with van der Waals surface area (Å²) in [5, 5.41) is 11.3.